The maximum atomic E-state index is 13.0. The monoisotopic (exact) mass is 420 g/mol. The fraction of sp³-hybridized carbons (Fsp3) is 0.389. The number of nitriles is 1. The number of sulfone groups is 1. The van der Waals surface area contributed by atoms with Crippen LogP contribution in [0.15, 0.2) is 24.5 Å². The lowest BCUT2D eigenvalue weighted by molar-refractivity contribution is 0.363. The second-order valence-corrected chi connectivity index (χ2v) is 11.1. The minimum Gasteiger partial charge on any atom is -0.362 e. The molecule has 1 spiro atoms. The molecule has 6 nitrogen and oxygen atoms in total. The van der Waals surface area contributed by atoms with Crippen molar-refractivity contribution >= 4 is 38.6 Å². The Labute approximate surface area is 166 Å². The summed E-state index contributed by atoms with van der Waals surface area (Å²) in [6.07, 6.45) is 4.97. The van der Waals surface area contributed by atoms with Crippen LogP contribution in [0.1, 0.15) is 36.6 Å². The van der Waals surface area contributed by atoms with Gasteiger partial charge in [0.15, 0.2) is 9.84 Å². The van der Waals surface area contributed by atoms with E-state index in [1.807, 2.05) is 0 Å². The third kappa shape index (κ3) is 2.68. The molecule has 4 rings (SSSR count). The largest absolute Gasteiger partial charge is 0.362 e. The molecule has 1 atom stereocenters. The Morgan fingerprint density at radius 3 is 2.70 bits per heavy atom. The van der Waals surface area contributed by atoms with Gasteiger partial charge < -0.3 is 5.32 Å². The summed E-state index contributed by atoms with van der Waals surface area (Å²) in [6, 6.07) is 5.54. The fourth-order valence-electron chi connectivity index (χ4n) is 3.80. The van der Waals surface area contributed by atoms with Crippen molar-refractivity contribution in [3.05, 3.63) is 40.0 Å². The quantitative estimate of drug-likeness (QED) is 0.773. The van der Waals surface area contributed by atoms with Gasteiger partial charge in [-0.3, -0.25) is 10.4 Å². The van der Waals surface area contributed by atoms with Gasteiger partial charge in [0.25, 0.3) is 0 Å². The number of nitrogens with zero attached hydrogens (tertiary/aromatic N) is 2. The molecule has 27 heavy (non-hydrogen) atoms. The Morgan fingerprint density at radius 1 is 1.37 bits per heavy atom. The number of amidine groups is 1. The van der Waals surface area contributed by atoms with E-state index in [0.29, 0.717) is 28.3 Å². The van der Waals surface area contributed by atoms with Crippen LogP contribution in [0, 0.1) is 16.7 Å². The normalized spacial score (nSPS) is 25.4. The highest BCUT2D eigenvalue weighted by Gasteiger charge is 2.59. The van der Waals surface area contributed by atoms with E-state index in [1.54, 1.807) is 25.3 Å². The van der Waals surface area contributed by atoms with E-state index in [2.05, 4.69) is 16.4 Å². The van der Waals surface area contributed by atoms with Crippen LogP contribution < -0.4 is 5.32 Å². The summed E-state index contributed by atoms with van der Waals surface area (Å²) < 4.78 is 24.9. The molecule has 1 aliphatic heterocycles. The lowest BCUT2D eigenvalue weighted by Gasteiger charge is -2.50. The van der Waals surface area contributed by atoms with Gasteiger partial charge in [-0.15, -0.1) is 11.3 Å². The van der Waals surface area contributed by atoms with Crippen LogP contribution >= 0.6 is 22.9 Å². The Kier molecular flexibility index (Phi) is 4.11. The summed E-state index contributed by atoms with van der Waals surface area (Å²) in [4.78, 5) is 5.54. The predicted molar refractivity (Wildman–Crippen MR) is 106 cm³/mol. The van der Waals surface area contributed by atoms with E-state index in [4.69, 9.17) is 22.3 Å². The van der Waals surface area contributed by atoms with Gasteiger partial charge in [0.1, 0.15) is 16.7 Å². The first kappa shape index (κ1) is 18.4. The van der Waals surface area contributed by atoms with Crippen molar-refractivity contribution in [2.24, 2.45) is 0 Å². The van der Waals surface area contributed by atoms with Crippen molar-refractivity contribution in [3.63, 3.8) is 0 Å². The number of thiophene rings is 1. The van der Waals surface area contributed by atoms with Gasteiger partial charge in [0.2, 0.25) is 0 Å². The average molecular weight is 421 g/mol. The first-order valence-electron chi connectivity index (χ1n) is 8.46. The van der Waals surface area contributed by atoms with E-state index in [-0.39, 0.29) is 11.6 Å². The topological polar surface area (TPSA) is 107 Å². The molecule has 3 heterocycles. The molecule has 1 saturated heterocycles. The Morgan fingerprint density at radius 2 is 2.11 bits per heavy atom. The van der Waals surface area contributed by atoms with Crippen LogP contribution in [-0.4, -0.2) is 29.7 Å². The zero-order valence-corrected chi connectivity index (χ0v) is 16.9. The molecule has 2 fully saturated rings. The first-order chi connectivity index (χ1) is 12.7. The van der Waals surface area contributed by atoms with E-state index >= 15 is 0 Å². The van der Waals surface area contributed by atoms with E-state index in [9.17, 15) is 8.42 Å². The zero-order chi connectivity index (χ0) is 19.4. The fourth-order valence-corrected chi connectivity index (χ4v) is 8.05. The summed E-state index contributed by atoms with van der Waals surface area (Å²) in [6.45, 7) is 1.77. The highest BCUT2D eigenvalue weighted by Crippen LogP contribution is 2.48. The van der Waals surface area contributed by atoms with Gasteiger partial charge in [0, 0.05) is 27.7 Å². The molecule has 2 aromatic rings. The molecule has 2 aliphatic rings. The summed E-state index contributed by atoms with van der Waals surface area (Å²) in [5, 5.41) is 21.0. The standard InChI is InChI=1S/C18H17ClN4O2S2/c1-17(10-27(24,25)18(3-2-4-18)16(21)23-17)15-13(19)6-14(26-15)12-5-11(7-20)8-22-9-12/h5-6,8-9H,2-4,10H2,1H3,(H2,21,23)/t17-/m0/s1. The molecule has 140 valence electrons. The number of rotatable bonds is 2. The molecular formula is C18H17ClN4O2S2. The van der Waals surface area contributed by atoms with Crippen molar-refractivity contribution in [2.75, 3.05) is 5.75 Å². The summed E-state index contributed by atoms with van der Waals surface area (Å²) in [7, 11) is -3.47. The van der Waals surface area contributed by atoms with Crippen LogP contribution in [0.25, 0.3) is 10.4 Å². The van der Waals surface area contributed by atoms with Crippen molar-refractivity contribution in [1.82, 2.24) is 10.3 Å². The number of nitrogens with one attached hydrogen (secondary N) is 2. The van der Waals surface area contributed by atoms with Crippen molar-refractivity contribution in [2.45, 2.75) is 36.5 Å². The third-order valence-corrected chi connectivity index (χ3v) is 10.1. The van der Waals surface area contributed by atoms with Crippen LogP contribution in [0.2, 0.25) is 5.02 Å². The molecule has 1 saturated carbocycles. The number of pyridine rings is 1. The van der Waals surface area contributed by atoms with Crippen LogP contribution in [0.5, 0.6) is 0 Å². The van der Waals surface area contributed by atoms with Crippen LogP contribution in [0.3, 0.4) is 0 Å². The average Bonchev–Trinajstić information content (AvgIpc) is 2.94. The number of hydrogen-bond donors (Lipinski definition) is 2. The molecule has 0 bridgehead atoms. The molecule has 0 unspecified atom stereocenters. The highest BCUT2D eigenvalue weighted by molar-refractivity contribution is 7.93. The van der Waals surface area contributed by atoms with Gasteiger partial charge in [0.05, 0.1) is 21.9 Å². The number of hydrogen-bond acceptors (Lipinski definition) is 6. The Bertz CT molecular complexity index is 1100. The van der Waals surface area contributed by atoms with Crippen LogP contribution in [0.4, 0.5) is 0 Å². The van der Waals surface area contributed by atoms with Gasteiger partial charge in [-0.05, 0) is 38.3 Å². The van der Waals surface area contributed by atoms with Gasteiger partial charge >= 0.3 is 0 Å². The summed E-state index contributed by atoms with van der Waals surface area (Å²) in [5.41, 5.74) is 0.230. The molecule has 9 heteroatoms. The Hall–Kier alpha value is -1.95. The van der Waals surface area contributed by atoms with Gasteiger partial charge in [-0.25, -0.2) is 8.42 Å². The molecule has 0 amide bonds. The maximum absolute atomic E-state index is 13.0. The predicted octanol–water partition coefficient (Wildman–Crippen LogP) is 3.47. The first-order valence-corrected chi connectivity index (χ1v) is 11.3. The number of halogens is 1. The van der Waals surface area contributed by atoms with E-state index in [0.717, 1.165) is 16.9 Å². The molecule has 0 radical (unpaired) electrons. The summed E-state index contributed by atoms with van der Waals surface area (Å²) in [5.74, 6) is -0.0277. The SMILES string of the molecule is C[C@@]1(c2sc(-c3cncc(C#N)c3)cc2Cl)CS(=O)(=O)C2(CCC2)C(=N)N1. The van der Waals surface area contributed by atoms with Gasteiger partial charge in [-0.2, -0.15) is 5.26 Å². The second kappa shape index (κ2) is 6.03. The van der Waals surface area contributed by atoms with Crippen LogP contribution in [-0.2, 0) is 15.4 Å². The molecule has 1 aliphatic carbocycles. The molecular weight excluding hydrogens is 404 g/mol. The molecule has 0 aromatic carbocycles. The minimum atomic E-state index is -3.47. The minimum absolute atomic E-state index is 0.0710. The molecule has 2 N–H and O–H groups in total. The highest BCUT2D eigenvalue weighted by atomic mass is 35.5. The molecule has 2 aromatic heterocycles. The lowest BCUT2D eigenvalue weighted by Crippen LogP contribution is -2.68. The van der Waals surface area contributed by atoms with Crippen molar-refractivity contribution < 1.29 is 8.42 Å². The summed E-state index contributed by atoms with van der Waals surface area (Å²) >= 11 is 7.83. The maximum Gasteiger partial charge on any atom is 0.165 e. The zero-order valence-electron chi connectivity index (χ0n) is 14.5. The van der Waals surface area contributed by atoms with Crippen molar-refractivity contribution in [1.29, 1.82) is 10.7 Å². The third-order valence-electron chi connectivity index (χ3n) is 5.43. The number of aromatic nitrogens is 1. The smallest absolute Gasteiger partial charge is 0.165 e. The second-order valence-electron chi connectivity index (χ2n) is 7.30. The van der Waals surface area contributed by atoms with E-state index < -0.39 is 20.1 Å². The van der Waals surface area contributed by atoms with Gasteiger partial charge in [-0.1, -0.05) is 11.6 Å². The van der Waals surface area contributed by atoms with Crippen molar-refractivity contribution in [3.8, 4) is 16.5 Å². The Balaban J connectivity index is 1.75. The van der Waals surface area contributed by atoms with E-state index in [1.165, 1.54) is 17.5 Å². The lowest BCUT2D eigenvalue weighted by atomic mass is 9.82.